The molecule has 0 aliphatic carbocycles. The van der Waals surface area contributed by atoms with Crippen molar-refractivity contribution in [2.45, 2.75) is 6.10 Å². The third kappa shape index (κ3) is 1.29. The van der Waals surface area contributed by atoms with E-state index in [2.05, 4.69) is 0 Å². The van der Waals surface area contributed by atoms with Gasteiger partial charge in [0.05, 0.1) is 18.0 Å². The summed E-state index contributed by atoms with van der Waals surface area (Å²) in [5.41, 5.74) is 13.2. The monoisotopic (exact) mass is 192 g/mol. The average molecular weight is 192 g/mol. The Labute approximate surface area is 81.8 Å². The molecule has 0 saturated heterocycles. The zero-order chi connectivity index (χ0) is 10.1. The first-order chi connectivity index (χ1) is 6.72. The first-order valence-electron chi connectivity index (χ1n) is 4.36. The molecule has 0 bridgehead atoms. The van der Waals surface area contributed by atoms with E-state index in [1.165, 1.54) is 0 Å². The number of ether oxygens (including phenoxy) is 1. The van der Waals surface area contributed by atoms with Crippen LogP contribution in [0.25, 0.3) is 6.08 Å². The molecule has 4 nitrogen and oxygen atoms in total. The highest BCUT2D eigenvalue weighted by atomic mass is 16.5. The fraction of sp³-hybridized carbons (Fsp3) is 0.200. The zero-order valence-corrected chi connectivity index (χ0v) is 7.60. The number of hydrogen-bond donors (Lipinski definition) is 3. The van der Waals surface area contributed by atoms with E-state index in [9.17, 15) is 0 Å². The number of aliphatic hydroxyl groups excluding tert-OH is 1. The lowest BCUT2D eigenvalue weighted by molar-refractivity contribution is 0.149. The minimum absolute atomic E-state index is 0.0653. The standard InChI is InChI=1S/C10H12N2O2/c11-8-4-2-6-1-3-7(5-13)14-10(6)9(8)12/h1-4,7,13H,5,11-12H2. The van der Waals surface area contributed by atoms with Crippen LogP contribution in [0.5, 0.6) is 5.75 Å². The Morgan fingerprint density at radius 3 is 2.86 bits per heavy atom. The van der Waals surface area contributed by atoms with Crippen LogP contribution < -0.4 is 16.2 Å². The SMILES string of the molecule is Nc1ccc2c(c1N)OC(CO)C=C2. The van der Waals surface area contributed by atoms with E-state index in [-0.39, 0.29) is 12.7 Å². The lowest BCUT2D eigenvalue weighted by Gasteiger charge is -2.21. The van der Waals surface area contributed by atoms with Crippen LogP contribution in [0.2, 0.25) is 0 Å². The summed E-state index contributed by atoms with van der Waals surface area (Å²) in [5.74, 6) is 0.562. The Hall–Kier alpha value is -1.68. The predicted molar refractivity (Wildman–Crippen MR) is 55.8 cm³/mol. The molecule has 4 heteroatoms. The van der Waals surface area contributed by atoms with Crippen LogP contribution in [-0.4, -0.2) is 17.8 Å². The Balaban J connectivity index is 2.47. The fourth-order valence-corrected chi connectivity index (χ4v) is 1.39. The van der Waals surface area contributed by atoms with Crippen molar-refractivity contribution >= 4 is 17.5 Å². The second-order valence-electron chi connectivity index (χ2n) is 3.18. The smallest absolute Gasteiger partial charge is 0.152 e. The van der Waals surface area contributed by atoms with E-state index in [4.69, 9.17) is 21.3 Å². The largest absolute Gasteiger partial charge is 0.481 e. The van der Waals surface area contributed by atoms with Gasteiger partial charge < -0.3 is 21.3 Å². The summed E-state index contributed by atoms with van der Waals surface area (Å²) < 4.78 is 5.45. The molecule has 0 radical (unpaired) electrons. The minimum atomic E-state index is -0.327. The van der Waals surface area contributed by atoms with Gasteiger partial charge >= 0.3 is 0 Å². The Morgan fingerprint density at radius 1 is 1.36 bits per heavy atom. The molecule has 0 saturated carbocycles. The van der Waals surface area contributed by atoms with Gasteiger partial charge in [-0.25, -0.2) is 0 Å². The van der Waals surface area contributed by atoms with E-state index < -0.39 is 0 Å². The molecule has 74 valence electrons. The molecule has 5 N–H and O–H groups in total. The van der Waals surface area contributed by atoms with Gasteiger partial charge in [0.15, 0.2) is 5.75 Å². The molecule has 2 rings (SSSR count). The van der Waals surface area contributed by atoms with Crippen molar-refractivity contribution < 1.29 is 9.84 Å². The number of nitrogen functional groups attached to an aromatic ring is 2. The van der Waals surface area contributed by atoms with Gasteiger partial charge in [-0.3, -0.25) is 0 Å². The van der Waals surface area contributed by atoms with Crippen molar-refractivity contribution in [3.63, 3.8) is 0 Å². The molecule has 1 atom stereocenters. The van der Waals surface area contributed by atoms with Crippen molar-refractivity contribution in [2.24, 2.45) is 0 Å². The summed E-state index contributed by atoms with van der Waals surface area (Å²) in [6.45, 7) is -0.0653. The summed E-state index contributed by atoms with van der Waals surface area (Å²) in [5, 5.41) is 8.93. The number of rotatable bonds is 1. The average Bonchev–Trinajstić information content (AvgIpc) is 2.23. The molecule has 1 aromatic rings. The van der Waals surface area contributed by atoms with Crippen molar-refractivity contribution in [3.05, 3.63) is 23.8 Å². The molecule has 0 aromatic heterocycles. The van der Waals surface area contributed by atoms with Crippen LogP contribution in [-0.2, 0) is 0 Å². The van der Waals surface area contributed by atoms with Crippen molar-refractivity contribution in [3.8, 4) is 5.75 Å². The van der Waals surface area contributed by atoms with Gasteiger partial charge in [-0.05, 0) is 18.2 Å². The number of hydrogen-bond acceptors (Lipinski definition) is 4. The van der Waals surface area contributed by atoms with Gasteiger partial charge in [0.2, 0.25) is 0 Å². The predicted octanol–water partition coefficient (Wildman–Crippen LogP) is 0.617. The van der Waals surface area contributed by atoms with Crippen molar-refractivity contribution in [1.82, 2.24) is 0 Å². The molecule has 1 aliphatic heterocycles. The maximum absolute atomic E-state index is 8.93. The normalized spacial score (nSPS) is 18.8. The lowest BCUT2D eigenvalue weighted by atomic mass is 10.1. The van der Waals surface area contributed by atoms with Gasteiger partial charge in [-0.15, -0.1) is 0 Å². The molecule has 1 unspecified atom stereocenters. The van der Waals surface area contributed by atoms with Gasteiger partial charge in [0.1, 0.15) is 6.10 Å². The van der Waals surface area contributed by atoms with Crippen LogP contribution >= 0.6 is 0 Å². The van der Waals surface area contributed by atoms with E-state index in [0.29, 0.717) is 17.1 Å². The number of fused-ring (bicyclic) bond motifs is 1. The Bertz CT molecular complexity index is 388. The summed E-state index contributed by atoms with van der Waals surface area (Å²) >= 11 is 0. The topological polar surface area (TPSA) is 81.5 Å². The second-order valence-corrected chi connectivity index (χ2v) is 3.18. The van der Waals surface area contributed by atoms with Crippen LogP contribution in [0, 0.1) is 0 Å². The second kappa shape index (κ2) is 3.23. The van der Waals surface area contributed by atoms with Crippen LogP contribution in [0.3, 0.4) is 0 Å². The maximum Gasteiger partial charge on any atom is 0.152 e. The minimum Gasteiger partial charge on any atom is -0.481 e. The molecule has 0 fully saturated rings. The van der Waals surface area contributed by atoms with Gasteiger partial charge in [-0.2, -0.15) is 0 Å². The van der Waals surface area contributed by atoms with Crippen LogP contribution in [0.1, 0.15) is 5.56 Å². The van der Waals surface area contributed by atoms with Gasteiger partial charge in [0.25, 0.3) is 0 Å². The number of aliphatic hydroxyl groups is 1. The Morgan fingerprint density at radius 2 is 2.14 bits per heavy atom. The van der Waals surface area contributed by atoms with Crippen molar-refractivity contribution in [2.75, 3.05) is 18.1 Å². The van der Waals surface area contributed by atoms with E-state index in [1.54, 1.807) is 12.1 Å². The fourth-order valence-electron chi connectivity index (χ4n) is 1.39. The first-order valence-corrected chi connectivity index (χ1v) is 4.36. The Kier molecular flexibility index (Phi) is 2.05. The molecule has 14 heavy (non-hydrogen) atoms. The highest BCUT2D eigenvalue weighted by molar-refractivity contribution is 5.78. The number of anilines is 2. The maximum atomic E-state index is 8.93. The van der Waals surface area contributed by atoms with Gasteiger partial charge in [-0.1, -0.05) is 6.08 Å². The molecule has 1 heterocycles. The molecule has 1 aliphatic rings. The molecule has 1 aromatic carbocycles. The van der Waals surface area contributed by atoms with E-state index in [0.717, 1.165) is 5.56 Å². The van der Waals surface area contributed by atoms with Crippen molar-refractivity contribution in [1.29, 1.82) is 0 Å². The van der Waals surface area contributed by atoms with E-state index in [1.807, 2.05) is 12.1 Å². The summed E-state index contributed by atoms with van der Waals surface area (Å²) in [6.07, 6.45) is 3.33. The summed E-state index contributed by atoms with van der Waals surface area (Å²) in [6, 6.07) is 3.58. The van der Waals surface area contributed by atoms with Crippen LogP contribution in [0.4, 0.5) is 11.4 Å². The highest BCUT2D eigenvalue weighted by Crippen LogP contribution is 2.35. The zero-order valence-electron chi connectivity index (χ0n) is 7.60. The van der Waals surface area contributed by atoms with E-state index >= 15 is 0 Å². The molecule has 0 spiro atoms. The first kappa shape index (κ1) is 8.90. The lowest BCUT2D eigenvalue weighted by Crippen LogP contribution is -2.21. The molecule has 0 amide bonds. The third-order valence-electron chi connectivity index (χ3n) is 2.20. The number of benzene rings is 1. The number of nitrogens with two attached hydrogens (primary N) is 2. The quantitative estimate of drug-likeness (QED) is 0.569. The molecular formula is C10H12N2O2. The van der Waals surface area contributed by atoms with Gasteiger partial charge in [0, 0.05) is 5.56 Å². The summed E-state index contributed by atoms with van der Waals surface area (Å²) in [7, 11) is 0. The van der Waals surface area contributed by atoms with Crippen LogP contribution in [0.15, 0.2) is 18.2 Å². The third-order valence-corrected chi connectivity index (χ3v) is 2.20. The summed E-state index contributed by atoms with van der Waals surface area (Å²) in [4.78, 5) is 0. The highest BCUT2D eigenvalue weighted by Gasteiger charge is 2.17. The molecular weight excluding hydrogens is 180 g/mol.